The molecular weight excluding hydrogens is 322 g/mol. The molecule has 1 N–H and O–H groups in total. The molecule has 1 fully saturated rings. The number of anilines is 1. The zero-order chi connectivity index (χ0) is 16.5. The summed E-state index contributed by atoms with van der Waals surface area (Å²) in [5.74, 6) is 1.08. The molecule has 0 bridgehead atoms. The summed E-state index contributed by atoms with van der Waals surface area (Å²) < 4.78 is 3.22. The number of hydrogen-bond donors (Lipinski definition) is 1. The third-order valence-electron chi connectivity index (χ3n) is 4.57. The lowest BCUT2D eigenvalue weighted by atomic mass is 10.1. The Morgan fingerprint density at radius 1 is 1.29 bits per heavy atom. The minimum Gasteiger partial charge on any atom is -0.355 e. The van der Waals surface area contributed by atoms with Crippen molar-refractivity contribution in [3.63, 3.8) is 0 Å². The van der Waals surface area contributed by atoms with Crippen LogP contribution in [0.3, 0.4) is 0 Å². The molecule has 0 radical (unpaired) electrons. The first-order chi connectivity index (χ1) is 11.8. The van der Waals surface area contributed by atoms with E-state index >= 15 is 0 Å². The Balaban J connectivity index is 1.49. The quantitative estimate of drug-likeness (QED) is 0.783. The van der Waals surface area contributed by atoms with E-state index in [9.17, 15) is 0 Å². The standard InChI is InChI=1S/C16H21N7S/c1-11-9-24-15-14(11)18-10-19-16(15)22-5-3-13(4-6-22)23-8-12(7-17-2)20-21-23/h8-10,13,17H,3-7H2,1-2H3. The number of nitrogens with zero attached hydrogens (tertiary/aromatic N) is 6. The largest absolute Gasteiger partial charge is 0.355 e. The molecule has 0 aromatic carbocycles. The van der Waals surface area contributed by atoms with Gasteiger partial charge in [-0.2, -0.15) is 0 Å². The lowest BCUT2D eigenvalue weighted by molar-refractivity contribution is 0.359. The van der Waals surface area contributed by atoms with Gasteiger partial charge in [0, 0.05) is 19.6 Å². The summed E-state index contributed by atoms with van der Waals surface area (Å²) >= 11 is 1.74. The number of fused-ring (bicyclic) bond motifs is 1. The van der Waals surface area contributed by atoms with E-state index in [1.807, 2.05) is 11.7 Å². The molecule has 126 valence electrons. The lowest BCUT2D eigenvalue weighted by Crippen LogP contribution is -2.35. The van der Waals surface area contributed by atoms with Gasteiger partial charge in [0.15, 0.2) is 0 Å². The number of hydrogen-bond acceptors (Lipinski definition) is 7. The van der Waals surface area contributed by atoms with Gasteiger partial charge in [0.1, 0.15) is 12.1 Å². The van der Waals surface area contributed by atoms with Crippen molar-refractivity contribution >= 4 is 27.4 Å². The normalized spacial score (nSPS) is 16.2. The Labute approximate surface area is 144 Å². The van der Waals surface area contributed by atoms with Crippen LogP contribution in [-0.4, -0.2) is 45.1 Å². The fourth-order valence-corrected chi connectivity index (χ4v) is 4.30. The van der Waals surface area contributed by atoms with Gasteiger partial charge in [-0.3, -0.25) is 0 Å². The summed E-state index contributed by atoms with van der Waals surface area (Å²) in [6.07, 6.45) is 5.85. The number of thiophene rings is 1. The van der Waals surface area contributed by atoms with Gasteiger partial charge in [-0.1, -0.05) is 5.21 Å². The summed E-state index contributed by atoms with van der Waals surface area (Å²) in [5.41, 5.74) is 3.31. The molecule has 8 heteroatoms. The van der Waals surface area contributed by atoms with E-state index < -0.39 is 0 Å². The smallest absolute Gasteiger partial charge is 0.150 e. The number of piperidine rings is 1. The first kappa shape index (κ1) is 15.5. The maximum absolute atomic E-state index is 4.55. The number of rotatable bonds is 4. The molecular formula is C16H21N7S. The summed E-state index contributed by atoms with van der Waals surface area (Å²) in [7, 11) is 1.92. The summed E-state index contributed by atoms with van der Waals surface area (Å²) in [6.45, 7) is 4.83. The van der Waals surface area contributed by atoms with Crippen LogP contribution < -0.4 is 10.2 Å². The van der Waals surface area contributed by atoms with E-state index in [1.54, 1.807) is 17.7 Å². The second-order valence-corrected chi connectivity index (χ2v) is 7.11. The van der Waals surface area contributed by atoms with E-state index in [0.717, 1.165) is 49.5 Å². The lowest BCUT2D eigenvalue weighted by Gasteiger charge is -2.32. The van der Waals surface area contributed by atoms with Crippen molar-refractivity contribution in [2.45, 2.75) is 32.4 Å². The van der Waals surface area contributed by atoms with E-state index in [-0.39, 0.29) is 0 Å². The molecule has 0 atom stereocenters. The highest BCUT2D eigenvalue weighted by Crippen LogP contribution is 2.33. The van der Waals surface area contributed by atoms with E-state index in [2.05, 4.69) is 49.0 Å². The molecule has 0 spiro atoms. The molecule has 0 aliphatic carbocycles. The minimum atomic E-state index is 0.418. The first-order valence-corrected chi connectivity index (χ1v) is 9.13. The Morgan fingerprint density at radius 3 is 2.92 bits per heavy atom. The average molecular weight is 343 g/mol. The van der Waals surface area contributed by atoms with E-state index in [4.69, 9.17) is 0 Å². The van der Waals surface area contributed by atoms with Crippen molar-refractivity contribution in [3.8, 4) is 0 Å². The topological polar surface area (TPSA) is 71.8 Å². The Hall–Kier alpha value is -2.06. The molecule has 1 saturated heterocycles. The molecule has 4 rings (SSSR count). The minimum absolute atomic E-state index is 0.418. The zero-order valence-electron chi connectivity index (χ0n) is 13.9. The van der Waals surface area contributed by atoms with Gasteiger partial charge in [-0.15, -0.1) is 16.4 Å². The molecule has 1 aliphatic heterocycles. The van der Waals surface area contributed by atoms with E-state index in [1.165, 1.54) is 10.3 Å². The predicted molar refractivity (Wildman–Crippen MR) is 95.4 cm³/mol. The van der Waals surface area contributed by atoms with Gasteiger partial charge in [0.25, 0.3) is 0 Å². The predicted octanol–water partition coefficient (Wildman–Crippen LogP) is 2.15. The highest BCUT2D eigenvalue weighted by molar-refractivity contribution is 7.18. The third kappa shape index (κ3) is 2.76. The van der Waals surface area contributed by atoms with Gasteiger partial charge >= 0.3 is 0 Å². The van der Waals surface area contributed by atoms with Crippen molar-refractivity contribution in [1.82, 2.24) is 30.3 Å². The van der Waals surface area contributed by atoms with Crippen molar-refractivity contribution in [2.24, 2.45) is 0 Å². The second-order valence-electron chi connectivity index (χ2n) is 6.23. The Morgan fingerprint density at radius 2 is 2.12 bits per heavy atom. The maximum atomic E-state index is 4.55. The van der Waals surface area contributed by atoms with Crippen molar-refractivity contribution in [1.29, 1.82) is 0 Å². The average Bonchev–Trinajstić information content (AvgIpc) is 3.23. The molecule has 3 aromatic heterocycles. The molecule has 0 saturated carbocycles. The molecule has 0 unspecified atom stereocenters. The molecule has 4 heterocycles. The Kier molecular flexibility index (Phi) is 4.15. The highest BCUT2D eigenvalue weighted by Gasteiger charge is 2.24. The van der Waals surface area contributed by atoms with Crippen molar-refractivity contribution in [3.05, 3.63) is 29.2 Å². The first-order valence-electron chi connectivity index (χ1n) is 8.25. The van der Waals surface area contributed by atoms with Crippen LogP contribution in [0.15, 0.2) is 17.9 Å². The second kappa shape index (κ2) is 6.45. The van der Waals surface area contributed by atoms with Crippen LogP contribution in [-0.2, 0) is 6.54 Å². The van der Waals surface area contributed by atoms with E-state index in [0.29, 0.717) is 6.04 Å². The van der Waals surface area contributed by atoms with Crippen LogP contribution in [0.25, 0.3) is 10.2 Å². The number of nitrogens with one attached hydrogen (secondary N) is 1. The summed E-state index contributed by atoms with van der Waals surface area (Å²) in [4.78, 5) is 11.4. The van der Waals surface area contributed by atoms with Gasteiger partial charge in [0.05, 0.1) is 28.1 Å². The highest BCUT2D eigenvalue weighted by atomic mass is 32.1. The molecule has 1 aliphatic rings. The maximum Gasteiger partial charge on any atom is 0.150 e. The van der Waals surface area contributed by atoms with Crippen LogP contribution in [0.2, 0.25) is 0 Å². The van der Waals surface area contributed by atoms with Crippen LogP contribution >= 0.6 is 11.3 Å². The molecule has 7 nitrogen and oxygen atoms in total. The Bertz CT molecular complexity index is 832. The van der Waals surface area contributed by atoms with Crippen LogP contribution in [0.5, 0.6) is 0 Å². The monoisotopic (exact) mass is 343 g/mol. The van der Waals surface area contributed by atoms with Crippen LogP contribution in [0, 0.1) is 6.92 Å². The van der Waals surface area contributed by atoms with Crippen LogP contribution in [0.1, 0.15) is 30.1 Å². The van der Waals surface area contributed by atoms with Gasteiger partial charge in [-0.25, -0.2) is 14.6 Å². The number of aromatic nitrogens is 5. The summed E-state index contributed by atoms with van der Waals surface area (Å²) in [5, 5.41) is 13.8. The summed E-state index contributed by atoms with van der Waals surface area (Å²) in [6, 6.07) is 0.418. The fraction of sp³-hybridized carbons (Fsp3) is 0.500. The van der Waals surface area contributed by atoms with Gasteiger partial charge in [-0.05, 0) is 37.8 Å². The third-order valence-corrected chi connectivity index (χ3v) is 5.65. The molecule has 0 amide bonds. The van der Waals surface area contributed by atoms with Gasteiger partial charge in [0.2, 0.25) is 0 Å². The van der Waals surface area contributed by atoms with Crippen molar-refractivity contribution < 1.29 is 0 Å². The van der Waals surface area contributed by atoms with Gasteiger partial charge < -0.3 is 10.2 Å². The fourth-order valence-electron chi connectivity index (χ4n) is 3.28. The number of aryl methyl sites for hydroxylation is 1. The molecule has 3 aromatic rings. The SMILES string of the molecule is CNCc1cn(C2CCN(c3ncnc4c(C)csc34)CC2)nn1. The molecule has 24 heavy (non-hydrogen) atoms. The zero-order valence-corrected chi connectivity index (χ0v) is 14.8. The van der Waals surface area contributed by atoms with Crippen molar-refractivity contribution in [2.75, 3.05) is 25.0 Å². The van der Waals surface area contributed by atoms with Crippen LogP contribution in [0.4, 0.5) is 5.82 Å².